The number of rotatable bonds is 1. The number of hydrogen-bond donors (Lipinski definition) is 1. The van der Waals surface area contributed by atoms with Gasteiger partial charge in [0.25, 0.3) is 0 Å². The first-order valence-corrected chi connectivity index (χ1v) is 4.36. The average molecular weight is 161 g/mol. The molecule has 0 atom stereocenters. The quantitative estimate of drug-likeness (QED) is 0.574. The van der Waals surface area contributed by atoms with Crippen LogP contribution in [0.2, 0.25) is 0 Å². The molecule has 0 bridgehead atoms. The number of pyridine rings is 1. The van der Waals surface area contributed by atoms with Crippen LogP contribution in [0.1, 0.15) is 25.0 Å². The minimum atomic E-state index is -0.603. The summed E-state index contributed by atoms with van der Waals surface area (Å²) in [5.74, 6) is 0. The Labute approximate surface area is 73.1 Å². The van der Waals surface area contributed by atoms with Crippen LogP contribution in [-0.4, -0.2) is 17.9 Å². The van der Waals surface area contributed by atoms with Crippen molar-refractivity contribution in [3.63, 3.8) is 0 Å². The Bertz CT molecular complexity index is 279. The second kappa shape index (κ2) is 2.59. The average Bonchev–Trinajstić information content (AvgIpc) is 2.02. The van der Waals surface area contributed by atoms with Gasteiger partial charge in [0.1, 0.15) is 13.4 Å². The third kappa shape index (κ3) is 1.14. The summed E-state index contributed by atoms with van der Waals surface area (Å²) in [4.78, 5) is 4.22. The maximum Gasteiger partial charge on any atom is 0.141 e. The molecular weight excluding hydrogens is 149 g/mol. The van der Waals surface area contributed by atoms with E-state index in [9.17, 15) is 5.11 Å². The van der Waals surface area contributed by atoms with E-state index in [1.54, 1.807) is 0 Å². The van der Waals surface area contributed by atoms with Crippen molar-refractivity contribution in [1.29, 1.82) is 0 Å². The van der Waals surface area contributed by atoms with Gasteiger partial charge in [0.15, 0.2) is 0 Å². The molecule has 12 heavy (non-hydrogen) atoms. The van der Waals surface area contributed by atoms with Gasteiger partial charge in [-0.25, -0.2) is 0 Å². The zero-order valence-corrected chi connectivity index (χ0v) is 7.25. The lowest BCUT2D eigenvalue weighted by Gasteiger charge is -2.35. The van der Waals surface area contributed by atoms with E-state index in [-0.39, 0.29) is 0 Å². The summed E-state index contributed by atoms with van der Waals surface area (Å²) < 4.78 is 0. The normalized spacial score (nSPS) is 20.1. The molecule has 0 saturated heterocycles. The van der Waals surface area contributed by atoms with E-state index >= 15 is 0 Å². The monoisotopic (exact) mass is 161 g/mol. The fraction of sp³-hybridized carbons (Fsp3) is 0.444. The van der Waals surface area contributed by atoms with Crippen molar-refractivity contribution in [2.75, 3.05) is 0 Å². The molecule has 1 aromatic heterocycles. The van der Waals surface area contributed by atoms with Crippen LogP contribution in [0.4, 0.5) is 0 Å². The smallest absolute Gasteiger partial charge is 0.141 e. The van der Waals surface area contributed by atoms with Crippen LogP contribution >= 0.6 is 0 Å². The number of nitrogens with zero attached hydrogens (tertiary/aromatic N) is 1. The molecule has 0 aromatic carbocycles. The van der Waals surface area contributed by atoms with Gasteiger partial charge in [0.2, 0.25) is 0 Å². The van der Waals surface area contributed by atoms with Crippen LogP contribution in [0, 0.1) is 0 Å². The second-order valence-electron chi connectivity index (χ2n) is 3.61. The van der Waals surface area contributed by atoms with Crippen molar-refractivity contribution in [2.24, 2.45) is 0 Å². The summed E-state index contributed by atoms with van der Waals surface area (Å²) >= 11 is 0. The van der Waals surface area contributed by atoms with Crippen molar-refractivity contribution < 1.29 is 5.11 Å². The van der Waals surface area contributed by atoms with Crippen LogP contribution in [0.15, 0.2) is 18.3 Å². The largest absolute Gasteiger partial charge is 0.384 e. The minimum absolute atomic E-state index is 0.603. The van der Waals surface area contributed by atoms with Crippen LogP contribution in [-0.2, 0) is 5.60 Å². The Balaban J connectivity index is 2.28. The minimum Gasteiger partial charge on any atom is -0.384 e. The Hall–Kier alpha value is -0.825. The predicted molar refractivity (Wildman–Crippen MR) is 50.2 cm³/mol. The molecule has 2 nitrogen and oxygen atoms in total. The molecule has 1 fully saturated rings. The number of hydrogen-bond acceptors (Lipinski definition) is 2. The van der Waals surface area contributed by atoms with Crippen molar-refractivity contribution in [3.8, 4) is 0 Å². The first-order valence-electron chi connectivity index (χ1n) is 4.36. The number of aromatic nitrogens is 1. The van der Waals surface area contributed by atoms with Crippen molar-refractivity contribution >= 4 is 13.3 Å². The summed E-state index contributed by atoms with van der Waals surface area (Å²) in [6, 6.07) is 3.92. The third-order valence-corrected chi connectivity index (χ3v) is 2.57. The maximum atomic E-state index is 9.91. The van der Waals surface area contributed by atoms with E-state index in [1.165, 1.54) is 0 Å². The van der Waals surface area contributed by atoms with Crippen molar-refractivity contribution in [1.82, 2.24) is 4.98 Å². The molecule has 0 amide bonds. The van der Waals surface area contributed by atoms with E-state index in [1.807, 2.05) is 26.2 Å². The molecule has 1 saturated carbocycles. The predicted octanol–water partition coefficient (Wildman–Crippen LogP) is -0.288. The molecular formula is C9H12BNO. The zero-order valence-electron chi connectivity index (χ0n) is 7.25. The first-order chi connectivity index (χ1) is 5.71. The Morgan fingerprint density at radius 3 is 2.58 bits per heavy atom. The van der Waals surface area contributed by atoms with Crippen molar-refractivity contribution in [2.45, 2.75) is 24.9 Å². The zero-order chi connectivity index (χ0) is 8.60. The molecule has 0 aliphatic heterocycles. The van der Waals surface area contributed by atoms with E-state index in [0.717, 1.165) is 30.4 Å². The topological polar surface area (TPSA) is 33.1 Å². The first kappa shape index (κ1) is 7.81. The van der Waals surface area contributed by atoms with Crippen LogP contribution in [0.25, 0.3) is 0 Å². The third-order valence-electron chi connectivity index (χ3n) is 2.57. The van der Waals surface area contributed by atoms with Gasteiger partial charge >= 0.3 is 0 Å². The number of aliphatic hydroxyl groups is 1. The van der Waals surface area contributed by atoms with Crippen LogP contribution < -0.4 is 5.46 Å². The van der Waals surface area contributed by atoms with Gasteiger partial charge in [-0.15, -0.1) is 0 Å². The summed E-state index contributed by atoms with van der Waals surface area (Å²) in [5.41, 5.74) is 1.37. The molecule has 0 spiro atoms. The van der Waals surface area contributed by atoms with Gasteiger partial charge in [-0.3, -0.25) is 4.98 Å². The molecule has 1 aromatic rings. The van der Waals surface area contributed by atoms with E-state index in [0.29, 0.717) is 0 Å². The Morgan fingerprint density at radius 2 is 2.17 bits per heavy atom. The lowest BCUT2D eigenvalue weighted by atomic mass is 9.77. The summed E-state index contributed by atoms with van der Waals surface area (Å²) in [6.07, 6.45) is 4.66. The molecule has 1 heterocycles. The van der Waals surface area contributed by atoms with E-state index in [4.69, 9.17) is 0 Å². The van der Waals surface area contributed by atoms with Crippen LogP contribution in [0.3, 0.4) is 0 Å². The van der Waals surface area contributed by atoms with Gasteiger partial charge in [-0.05, 0) is 25.3 Å². The Morgan fingerprint density at radius 1 is 1.42 bits per heavy atom. The summed E-state index contributed by atoms with van der Waals surface area (Å²) in [5, 5.41) is 9.91. The fourth-order valence-corrected chi connectivity index (χ4v) is 1.51. The lowest BCUT2D eigenvalue weighted by molar-refractivity contribution is -0.0425. The molecule has 1 aliphatic carbocycles. The van der Waals surface area contributed by atoms with Gasteiger partial charge < -0.3 is 5.11 Å². The standard InChI is InChI=1S/C9H12BNO/c10-7-2-3-8(11-6-7)9(12)4-1-5-9/h2-3,6,12H,1,4-5,10H2. The van der Waals surface area contributed by atoms with Gasteiger partial charge in [0.05, 0.1) is 5.69 Å². The summed E-state index contributed by atoms with van der Waals surface area (Å²) in [6.45, 7) is 0. The van der Waals surface area contributed by atoms with E-state index < -0.39 is 5.60 Å². The molecule has 0 unspecified atom stereocenters. The van der Waals surface area contributed by atoms with Gasteiger partial charge in [0, 0.05) is 6.20 Å². The molecule has 3 heteroatoms. The highest BCUT2D eigenvalue weighted by Gasteiger charge is 2.37. The molecule has 0 radical (unpaired) electrons. The van der Waals surface area contributed by atoms with Gasteiger partial charge in [-0.2, -0.15) is 0 Å². The molecule has 62 valence electrons. The SMILES string of the molecule is Bc1ccc(C2(O)CCC2)nc1. The Kier molecular flexibility index (Phi) is 1.69. The van der Waals surface area contributed by atoms with Gasteiger partial charge in [-0.1, -0.05) is 11.5 Å². The molecule has 2 rings (SSSR count). The van der Waals surface area contributed by atoms with Crippen molar-refractivity contribution in [3.05, 3.63) is 24.0 Å². The second-order valence-corrected chi connectivity index (χ2v) is 3.61. The summed E-state index contributed by atoms with van der Waals surface area (Å²) in [7, 11) is 2.00. The maximum absolute atomic E-state index is 9.91. The lowest BCUT2D eigenvalue weighted by Crippen LogP contribution is -2.34. The molecule has 1 aliphatic rings. The highest BCUT2D eigenvalue weighted by Crippen LogP contribution is 2.39. The molecule has 1 N–H and O–H groups in total. The highest BCUT2D eigenvalue weighted by molar-refractivity contribution is 6.32. The fourth-order valence-electron chi connectivity index (χ4n) is 1.51. The van der Waals surface area contributed by atoms with Crippen LogP contribution in [0.5, 0.6) is 0 Å². The highest BCUT2D eigenvalue weighted by atomic mass is 16.3. The van der Waals surface area contributed by atoms with E-state index in [2.05, 4.69) is 4.98 Å².